The molecule has 82 valence electrons. The Kier molecular flexibility index (Phi) is 3.77. The van der Waals surface area contributed by atoms with E-state index >= 15 is 0 Å². The van der Waals surface area contributed by atoms with Crippen LogP contribution in [0.4, 0.5) is 0 Å². The van der Waals surface area contributed by atoms with Gasteiger partial charge in [0, 0.05) is 12.6 Å². The van der Waals surface area contributed by atoms with Crippen LogP contribution in [0.1, 0.15) is 47.5 Å². The van der Waals surface area contributed by atoms with E-state index in [-0.39, 0.29) is 0 Å². The van der Waals surface area contributed by atoms with Gasteiger partial charge in [-0.15, -0.1) is 0 Å². The van der Waals surface area contributed by atoms with Gasteiger partial charge in [-0.05, 0) is 38.6 Å². The number of hydrogen-bond donors (Lipinski definition) is 0. The summed E-state index contributed by atoms with van der Waals surface area (Å²) >= 11 is 0. The summed E-state index contributed by atoms with van der Waals surface area (Å²) in [5.74, 6) is 0. The van der Waals surface area contributed by atoms with E-state index in [1.807, 2.05) is 0 Å². The SMILES string of the molecule is CC(C)N1CCC/C(=C\C(C)(C)C)C1. The highest BCUT2D eigenvalue weighted by Gasteiger charge is 2.18. The highest BCUT2D eigenvalue weighted by molar-refractivity contribution is 5.11. The summed E-state index contributed by atoms with van der Waals surface area (Å²) in [5.41, 5.74) is 1.98. The van der Waals surface area contributed by atoms with Gasteiger partial charge in [-0.2, -0.15) is 0 Å². The molecule has 1 heteroatoms. The summed E-state index contributed by atoms with van der Waals surface area (Å²) in [6, 6.07) is 0.693. The first-order valence-electron chi connectivity index (χ1n) is 5.83. The average Bonchev–Trinajstić information content (AvgIpc) is 2.01. The van der Waals surface area contributed by atoms with Crippen LogP contribution in [0, 0.1) is 5.41 Å². The van der Waals surface area contributed by atoms with Crippen molar-refractivity contribution < 1.29 is 0 Å². The van der Waals surface area contributed by atoms with Gasteiger partial charge in [0.2, 0.25) is 0 Å². The van der Waals surface area contributed by atoms with Crippen molar-refractivity contribution in [1.29, 1.82) is 0 Å². The minimum absolute atomic E-state index is 0.343. The molecule has 0 atom stereocenters. The third-order valence-electron chi connectivity index (χ3n) is 2.72. The zero-order valence-electron chi connectivity index (χ0n) is 10.4. The standard InChI is InChI=1S/C13H25N/c1-11(2)14-8-6-7-12(10-14)9-13(3,4)5/h9,11H,6-8,10H2,1-5H3/b12-9+. The Bertz CT molecular complexity index is 208. The van der Waals surface area contributed by atoms with Crippen LogP contribution in [-0.4, -0.2) is 24.0 Å². The summed E-state index contributed by atoms with van der Waals surface area (Å²) in [4.78, 5) is 2.57. The molecule has 0 amide bonds. The van der Waals surface area contributed by atoms with Crippen molar-refractivity contribution in [3.8, 4) is 0 Å². The molecule has 1 nitrogen and oxygen atoms in total. The van der Waals surface area contributed by atoms with Crippen LogP contribution < -0.4 is 0 Å². The van der Waals surface area contributed by atoms with E-state index in [9.17, 15) is 0 Å². The minimum atomic E-state index is 0.343. The molecule has 1 saturated heterocycles. The van der Waals surface area contributed by atoms with E-state index in [1.54, 1.807) is 5.57 Å². The minimum Gasteiger partial charge on any atom is -0.297 e. The van der Waals surface area contributed by atoms with E-state index < -0.39 is 0 Å². The van der Waals surface area contributed by atoms with Crippen LogP contribution in [0.2, 0.25) is 0 Å². The van der Waals surface area contributed by atoms with Crippen LogP contribution in [0.3, 0.4) is 0 Å². The molecule has 1 aliphatic rings. The van der Waals surface area contributed by atoms with E-state index in [1.165, 1.54) is 25.9 Å². The van der Waals surface area contributed by atoms with Gasteiger partial charge in [0.05, 0.1) is 0 Å². The second kappa shape index (κ2) is 4.48. The molecule has 0 aromatic rings. The van der Waals surface area contributed by atoms with Crippen LogP contribution in [0.15, 0.2) is 11.6 Å². The lowest BCUT2D eigenvalue weighted by atomic mass is 9.90. The van der Waals surface area contributed by atoms with Gasteiger partial charge in [0.1, 0.15) is 0 Å². The molecule has 1 fully saturated rings. The van der Waals surface area contributed by atoms with Crippen LogP contribution in [0.25, 0.3) is 0 Å². The number of likely N-dealkylation sites (tertiary alicyclic amines) is 1. The fraction of sp³-hybridized carbons (Fsp3) is 0.846. The van der Waals surface area contributed by atoms with Crippen molar-refractivity contribution in [1.82, 2.24) is 4.90 Å². The van der Waals surface area contributed by atoms with Gasteiger partial charge in [-0.1, -0.05) is 32.4 Å². The second-order valence-electron chi connectivity index (χ2n) is 5.84. The maximum atomic E-state index is 2.57. The Labute approximate surface area is 89.2 Å². The van der Waals surface area contributed by atoms with Gasteiger partial charge < -0.3 is 0 Å². The molecule has 0 N–H and O–H groups in total. The normalized spacial score (nSPS) is 23.4. The highest BCUT2D eigenvalue weighted by Crippen LogP contribution is 2.24. The van der Waals surface area contributed by atoms with Crippen molar-refractivity contribution in [2.24, 2.45) is 5.41 Å². The van der Waals surface area contributed by atoms with E-state index in [4.69, 9.17) is 0 Å². The number of rotatable bonds is 1. The van der Waals surface area contributed by atoms with Crippen LogP contribution in [-0.2, 0) is 0 Å². The molecule has 14 heavy (non-hydrogen) atoms. The summed E-state index contributed by atoms with van der Waals surface area (Å²) in [7, 11) is 0. The largest absolute Gasteiger partial charge is 0.297 e. The van der Waals surface area contributed by atoms with Crippen molar-refractivity contribution in [3.63, 3.8) is 0 Å². The van der Waals surface area contributed by atoms with E-state index in [2.05, 4.69) is 45.6 Å². The molecule has 0 aromatic heterocycles. The number of allylic oxidation sites excluding steroid dienone is 1. The maximum absolute atomic E-state index is 2.57. The smallest absolute Gasteiger partial charge is 0.0195 e. The van der Waals surface area contributed by atoms with Gasteiger partial charge in [0.25, 0.3) is 0 Å². The first-order chi connectivity index (χ1) is 6.38. The first-order valence-corrected chi connectivity index (χ1v) is 5.83. The maximum Gasteiger partial charge on any atom is 0.0195 e. The molecule has 0 aliphatic carbocycles. The molecular formula is C13H25N. The Balaban J connectivity index is 2.60. The quantitative estimate of drug-likeness (QED) is 0.579. The number of piperidine rings is 1. The molecule has 1 rings (SSSR count). The Hall–Kier alpha value is -0.300. The van der Waals surface area contributed by atoms with Gasteiger partial charge in [-0.25, -0.2) is 0 Å². The first kappa shape index (κ1) is 11.8. The third kappa shape index (κ3) is 3.83. The van der Waals surface area contributed by atoms with Gasteiger partial charge >= 0.3 is 0 Å². The molecule has 0 radical (unpaired) electrons. The lowest BCUT2D eigenvalue weighted by Crippen LogP contribution is -2.37. The average molecular weight is 195 g/mol. The molecule has 0 unspecified atom stereocenters. The topological polar surface area (TPSA) is 3.24 Å². The van der Waals surface area contributed by atoms with E-state index in [0.717, 1.165) is 0 Å². The predicted octanol–water partition coefficient (Wildman–Crippen LogP) is 3.46. The number of hydrogen-bond acceptors (Lipinski definition) is 1. The Morgan fingerprint density at radius 1 is 1.29 bits per heavy atom. The lowest BCUT2D eigenvalue weighted by Gasteiger charge is -2.33. The van der Waals surface area contributed by atoms with Gasteiger partial charge in [-0.3, -0.25) is 4.90 Å². The Morgan fingerprint density at radius 2 is 1.93 bits per heavy atom. The zero-order valence-corrected chi connectivity index (χ0v) is 10.4. The number of nitrogens with zero attached hydrogens (tertiary/aromatic N) is 1. The molecule has 0 bridgehead atoms. The zero-order chi connectivity index (χ0) is 10.8. The lowest BCUT2D eigenvalue weighted by molar-refractivity contribution is 0.214. The molecule has 0 aromatic carbocycles. The van der Waals surface area contributed by atoms with Gasteiger partial charge in [0.15, 0.2) is 0 Å². The van der Waals surface area contributed by atoms with Crippen molar-refractivity contribution >= 4 is 0 Å². The van der Waals surface area contributed by atoms with Crippen LogP contribution in [0.5, 0.6) is 0 Å². The second-order valence-corrected chi connectivity index (χ2v) is 5.84. The summed E-state index contributed by atoms with van der Waals surface area (Å²) in [6.07, 6.45) is 5.10. The molecule has 0 spiro atoms. The summed E-state index contributed by atoms with van der Waals surface area (Å²) < 4.78 is 0. The summed E-state index contributed by atoms with van der Waals surface area (Å²) in [5, 5.41) is 0. The van der Waals surface area contributed by atoms with Crippen molar-refractivity contribution in [2.45, 2.75) is 53.5 Å². The monoisotopic (exact) mass is 195 g/mol. The third-order valence-corrected chi connectivity index (χ3v) is 2.72. The van der Waals surface area contributed by atoms with Crippen molar-refractivity contribution in [3.05, 3.63) is 11.6 Å². The summed E-state index contributed by atoms with van der Waals surface area (Å²) in [6.45, 7) is 13.9. The molecule has 0 saturated carbocycles. The fourth-order valence-electron chi connectivity index (χ4n) is 2.10. The van der Waals surface area contributed by atoms with Crippen LogP contribution >= 0.6 is 0 Å². The van der Waals surface area contributed by atoms with E-state index in [0.29, 0.717) is 11.5 Å². The molecule has 1 aliphatic heterocycles. The molecule has 1 heterocycles. The predicted molar refractivity (Wildman–Crippen MR) is 63.5 cm³/mol. The highest BCUT2D eigenvalue weighted by atomic mass is 15.1. The Morgan fingerprint density at radius 3 is 2.43 bits per heavy atom. The van der Waals surface area contributed by atoms with Crippen molar-refractivity contribution in [2.75, 3.05) is 13.1 Å². The molecular weight excluding hydrogens is 170 g/mol. The fourth-order valence-corrected chi connectivity index (χ4v) is 2.10.